The van der Waals surface area contributed by atoms with Gasteiger partial charge in [0, 0.05) is 18.9 Å². The van der Waals surface area contributed by atoms with Gasteiger partial charge in [0.25, 0.3) is 0 Å². The number of rotatable bonds is 4. The van der Waals surface area contributed by atoms with E-state index in [1.165, 1.54) is 6.07 Å². The van der Waals surface area contributed by atoms with E-state index in [1.807, 2.05) is 0 Å². The minimum Gasteiger partial charge on any atom is -0.477 e. The Morgan fingerprint density at radius 3 is 2.74 bits per heavy atom. The molecule has 0 aliphatic carbocycles. The molecule has 0 spiro atoms. The fourth-order valence-corrected chi connectivity index (χ4v) is 2.06. The summed E-state index contributed by atoms with van der Waals surface area (Å²) in [6.45, 7) is 2.72. The van der Waals surface area contributed by atoms with Gasteiger partial charge in [0.15, 0.2) is 5.69 Å². The van der Waals surface area contributed by atoms with Crippen molar-refractivity contribution in [2.45, 2.75) is 25.3 Å². The molecule has 19 heavy (non-hydrogen) atoms. The predicted octanol–water partition coefficient (Wildman–Crippen LogP) is 0.437. The molecule has 3 N–H and O–H groups in total. The Balaban J connectivity index is 2.23. The van der Waals surface area contributed by atoms with Gasteiger partial charge in [-0.15, -0.1) is 0 Å². The second kappa shape index (κ2) is 5.50. The van der Waals surface area contributed by atoms with Gasteiger partial charge >= 0.3 is 5.97 Å². The van der Waals surface area contributed by atoms with E-state index in [0.29, 0.717) is 31.7 Å². The first-order valence-corrected chi connectivity index (χ1v) is 6.10. The summed E-state index contributed by atoms with van der Waals surface area (Å²) in [5.74, 6) is -0.869. The van der Waals surface area contributed by atoms with Crippen LogP contribution in [-0.4, -0.2) is 51.5 Å². The molecule has 7 heteroatoms. The van der Waals surface area contributed by atoms with Crippen LogP contribution in [0.3, 0.4) is 0 Å². The Bertz CT molecular complexity index is 472. The summed E-state index contributed by atoms with van der Waals surface area (Å²) in [6, 6.07) is 1.41. The molecular formula is C12H17N3O4. The molecule has 1 fully saturated rings. The lowest BCUT2D eigenvalue weighted by atomic mass is 9.91. The van der Waals surface area contributed by atoms with E-state index in [2.05, 4.69) is 15.3 Å². The first-order chi connectivity index (χ1) is 9.04. The van der Waals surface area contributed by atoms with E-state index in [4.69, 9.17) is 9.84 Å². The maximum Gasteiger partial charge on any atom is 0.354 e. The van der Waals surface area contributed by atoms with Crippen LogP contribution in [-0.2, 0) is 4.74 Å². The zero-order valence-electron chi connectivity index (χ0n) is 10.7. The highest BCUT2D eigenvalue weighted by Gasteiger charge is 2.32. The van der Waals surface area contributed by atoms with E-state index >= 15 is 0 Å². The van der Waals surface area contributed by atoms with Crippen LogP contribution in [0.1, 0.15) is 29.0 Å². The SMILES string of the molecule is Cc1cc(C(=O)O)nc(NC2(CO)CCOCC2)n1. The van der Waals surface area contributed by atoms with Crippen molar-refractivity contribution in [2.24, 2.45) is 0 Å². The molecule has 0 unspecified atom stereocenters. The molecule has 1 aromatic rings. The molecule has 104 valence electrons. The van der Waals surface area contributed by atoms with Crippen molar-refractivity contribution in [3.8, 4) is 0 Å². The Hall–Kier alpha value is -1.73. The third-order valence-electron chi connectivity index (χ3n) is 3.20. The van der Waals surface area contributed by atoms with Gasteiger partial charge in [-0.05, 0) is 25.8 Å². The zero-order valence-corrected chi connectivity index (χ0v) is 10.7. The van der Waals surface area contributed by atoms with Crippen molar-refractivity contribution in [1.29, 1.82) is 0 Å². The topological polar surface area (TPSA) is 105 Å². The fourth-order valence-electron chi connectivity index (χ4n) is 2.06. The van der Waals surface area contributed by atoms with E-state index < -0.39 is 11.5 Å². The maximum absolute atomic E-state index is 11.0. The van der Waals surface area contributed by atoms with Crippen molar-refractivity contribution in [3.63, 3.8) is 0 Å². The lowest BCUT2D eigenvalue weighted by molar-refractivity contribution is 0.0376. The second-order valence-electron chi connectivity index (χ2n) is 4.70. The van der Waals surface area contributed by atoms with Gasteiger partial charge in [-0.1, -0.05) is 0 Å². The number of aromatic carboxylic acids is 1. The average Bonchev–Trinajstić information content (AvgIpc) is 2.39. The van der Waals surface area contributed by atoms with Gasteiger partial charge in [-0.25, -0.2) is 14.8 Å². The van der Waals surface area contributed by atoms with E-state index in [-0.39, 0.29) is 18.2 Å². The molecule has 0 saturated carbocycles. The maximum atomic E-state index is 11.0. The van der Waals surface area contributed by atoms with Crippen LogP contribution in [0.5, 0.6) is 0 Å². The van der Waals surface area contributed by atoms with Crippen LogP contribution in [0.15, 0.2) is 6.07 Å². The zero-order chi connectivity index (χ0) is 13.9. The smallest absolute Gasteiger partial charge is 0.354 e. The molecular weight excluding hydrogens is 250 g/mol. The standard InChI is InChI=1S/C12H17N3O4/c1-8-6-9(10(17)18)14-11(13-8)15-12(7-16)2-4-19-5-3-12/h6,16H,2-5,7H2,1H3,(H,17,18)(H,13,14,15). The van der Waals surface area contributed by atoms with Gasteiger partial charge in [0.05, 0.1) is 12.1 Å². The molecule has 1 aliphatic heterocycles. The Morgan fingerprint density at radius 1 is 1.47 bits per heavy atom. The summed E-state index contributed by atoms with van der Waals surface area (Å²) in [6.07, 6.45) is 1.26. The molecule has 0 radical (unpaired) electrons. The quantitative estimate of drug-likeness (QED) is 0.726. The molecule has 1 aliphatic rings. The summed E-state index contributed by atoms with van der Waals surface area (Å²) in [5.41, 5.74) is -0.0351. The molecule has 7 nitrogen and oxygen atoms in total. The number of anilines is 1. The first kappa shape index (κ1) is 13.7. The summed E-state index contributed by atoms with van der Waals surface area (Å²) in [5, 5.41) is 21.6. The summed E-state index contributed by atoms with van der Waals surface area (Å²) < 4.78 is 5.26. The Morgan fingerprint density at radius 2 is 2.16 bits per heavy atom. The van der Waals surface area contributed by atoms with Crippen molar-refractivity contribution >= 4 is 11.9 Å². The number of carboxylic acids is 1. The van der Waals surface area contributed by atoms with Crippen LogP contribution in [0.2, 0.25) is 0 Å². The van der Waals surface area contributed by atoms with Gasteiger partial charge < -0.3 is 20.3 Å². The number of hydrogen-bond donors (Lipinski definition) is 3. The monoisotopic (exact) mass is 267 g/mol. The fraction of sp³-hybridized carbons (Fsp3) is 0.583. The molecule has 1 saturated heterocycles. The Kier molecular flexibility index (Phi) is 3.96. The average molecular weight is 267 g/mol. The van der Waals surface area contributed by atoms with Gasteiger partial charge in [0.2, 0.25) is 5.95 Å². The number of ether oxygens (including phenoxy) is 1. The number of aryl methyl sites for hydroxylation is 1. The van der Waals surface area contributed by atoms with E-state index in [0.717, 1.165) is 0 Å². The predicted molar refractivity (Wildman–Crippen MR) is 67.2 cm³/mol. The second-order valence-corrected chi connectivity index (χ2v) is 4.70. The largest absolute Gasteiger partial charge is 0.477 e. The van der Waals surface area contributed by atoms with Crippen LogP contribution in [0, 0.1) is 6.92 Å². The van der Waals surface area contributed by atoms with E-state index in [1.54, 1.807) is 6.92 Å². The number of carboxylic acid groups (broad SMARTS) is 1. The highest BCUT2D eigenvalue weighted by molar-refractivity contribution is 5.85. The highest BCUT2D eigenvalue weighted by atomic mass is 16.5. The summed E-state index contributed by atoms with van der Waals surface area (Å²) >= 11 is 0. The molecule has 2 rings (SSSR count). The Labute approximate surface area is 110 Å². The van der Waals surface area contributed by atoms with Crippen molar-refractivity contribution in [3.05, 3.63) is 17.5 Å². The van der Waals surface area contributed by atoms with Crippen LogP contribution >= 0.6 is 0 Å². The van der Waals surface area contributed by atoms with Gasteiger partial charge in [-0.2, -0.15) is 0 Å². The lowest BCUT2D eigenvalue weighted by Gasteiger charge is -2.36. The number of nitrogens with one attached hydrogen (secondary N) is 1. The van der Waals surface area contributed by atoms with Crippen molar-refractivity contribution in [1.82, 2.24) is 9.97 Å². The van der Waals surface area contributed by atoms with E-state index in [9.17, 15) is 9.90 Å². The minimum atomic E-state index is -1.10. The van der Waals surface area contributed by atoms with Gasteiger partial charge in [-0.3, -0.25) is 0 Å². The number of nitrogens with zero attached hydrogens (tertiary/aromatic N) is 2. The molecule has 2 heterocycles. The lowest BCUT2D eigenvalue weighted by Crippen LogP contribution is -2.47. The third-order valence-corrected chi connectivity index (χ3v) is 3.20. The van der Waals surface area contributed by atoms with Crippen molar-refractivity contribution in [2.75, 3.05) is 25.1 Å². The third kappa shape index (κ3) is 3.18. The normalized spacial score (nSPS) is 18.0. The number of aromatic nitrogens is 2. The number of aliphatic hydroxyl groups is 1. The van der Waals surface area contributed by atoms with Crippen LogP contribution < -0.4 is 5.32 Å². The van der Waals surface area contributed by atoms with Crippen molar-refractivity contribution < 1.29 is 19.7 Å². The molecule has 0 amide bonds. The number of aliphatic hydroxyl groups excluding tert-OH is 1. The van der Waals surface area contributed by atoms with Crippen LogP contribution in [0.25, 0.3) is 0 Å². The van der Waals surface area contributed by atoms with Gasteiger partial charge in [0.1, 0.15) is 0 Å². The summed E-state index contributed by atoms with van der Waals surface area (Å²) in [7, 11) is 0. The van der Waals surface area contributed by atoms with Crippen LogP contribution in [0.4, 0.5) is 5.95 Å². The molecule has 1 aromatic heterocycles. The summed E-state index contributed by atoms with van der Waals surface area (Å²) in [4.78, 5) is 19.1. The molecule has 0 atom stereocenters. The minimum absolute atomic E-state index is 0.0600. The number of hydrogen-bond acceptors (Lipinski definition) is 6. The highest BCUT2D eigenvalue weighted by Crippen LogP contribution is 2.24. The molecule has 0 aromatic carbocycles. The first-order valence-electron chi connectivity index (χ1n) is 6.10. The number of carbonyl (C=O) groups is 1. The molecule has 0 bridgehead atoms.